The van der Waals surface area contributed by atoms with E-state index in [1.165, 1.54) is 28.7 Å². The summed E-state index contributed by atoms with van der Waals surface area (Å²) in [5, 5.41) is 0.492. The first-order valence-electron chi connectivity index (χ1n) is 9.39. The molecule has 3 heterocycles. The Hall–Kier alpha value is -2.20. The molecule has 2 atom stereocenters. The highest BCUT2D eigenvalue weighted by Gasteiger charge is 2.35. The lowest BCUT2D eigenvalue weighted by Gasteiger charge is -2.39. The van der Waals surface area contributed by atoms with Crippen LogP contribution in [0.25, 0.3) is 10.9 Å². The summed E-state index contributed by atoms with van der Waals surface area (Å²) in [5.74, 6) is 0.335. The first-order valence-corrected chi connectivity index (χ1v) is 10.2. The summed E-state index contributed by atoms with van der Waals surface area (Å²) in [6.45, 7) is 4.38. The molecule has 2 unspecified atom stereocenters. The number of carbonyl (C=O) groups excluding carboxylic acids is 1. The molecule has 1 N–H and O–H groups in total. The fraction of sp³-hybridized carbons (Fsp3) is 0.474. The molecule has 10 heteroatoms. The number of alkyl halides is 3. The van der Waals surface area contributed by atoms with Crippen molar-refractivity contribution in [2.45, 2.75) is 25.6 Å². The van der Waals surface area contributed by atoms with E-state index >= 15 is 0 Å². The van der Waals surface area contributed by atoms with Gasteiger partial charge in [-0.3, -0.25) is 4.98 Å². The number of hydrogen-bond acceptors (Lipinski definition) is 6. The highest BCUT2D eigenvalue weighted by molar-refractivity contribution is 7.95. The maximum absolute atomic E-state index is 13.4. The molecule has 29 heavy (non-hydrogen) atoms. The summed E-state index contributed by atoms with van der Waals surface area (Å²) in [6.07, 6.45) is -2.52. The van der Waals surface area contributed by atoms with Gasteiger partial charge in [0.05, 0.1) is 17.6 Å². The van der Waals surface area contributed by atoms with Gasteiger partial charge in [0.2, 0.25) is 0 Å². The van der Waals surface area contributed by atoms with Crippen molar-refractivity contribution < 1.29 is 22.7 Å². The zero-order valence-corrected chi connectivity index (χ0v) is 16.6. The predicted octanol–water partition coefficient (Wildman–Crippen LogP) is 4.07. The van der Waals surface area contributed by atoms with Crippen molar-refractivity contribution in [3.05, 3.63) is 36.0 Å². The van der Waals surface area contributed by atoms with E-state index in [0.29, 0.717) is 31.0 Å². The molecule has 156 valence electrons. The van der Waals surface area contributed by atoms with Gasteiger partial charge in [-0.05, 0) is 36.6 Å². The molecule has 6 nitrogen and oxygen atoms in total. The monoisotopic (exact) mass is 426 g/mol. The standard InChI is InChI=1S/C19H21F3N4O2S/c1-12-9-13(24-29-26-7-8-28-18(26)27)11-25(10-12)16-5-4-15(19(20,21)22)17-14(16)3-2-6-23-17/h2-6,12-13,24H,7-11H2,1H3. The number of rotatable bonds is 4. The van der Waals surface area contributed by atoms with Crippen LogP contribution in [0.1, 0.15) is 18.9 Å². The summed E-state index contributed by atoms with van der Waals surface area (Å²) >= 11 is 1.23. The number of cyclic esters (lactones) is 1. The summed E-state index contributed by atoms with van der Waals surface area (Å²) in [5.41, 5.74) is -0.0147. The number of carbonyl (C=O) groups is 1. The fourth-order valence-corrected chi connectivity index (χ4v) is 4.64. The van der Waals surface area contributed by atoms with Crippen LogP contribution in [0.15, 0.2) is 30.5 Å². The normalized spacial score (nSPS) is 23.0. The van der Waals surface area contributed by atoms with Crippen molar-refractivity contribution in [1.29, 1.82) is 0 Å². The summed E-state index contributed by atoms with van der Waals surface area (Å²) in [7, 11) is 0. The number of ether oxygens (including phenoxy) is 1. The van der Waals surface area contributed by atoms with Gasteiger partial charge < -0.3 is 9.64 Å². The Morgan fingerprint density at radius 2 is 2.10 bits per heavy atom. The van der Waals surface area contributed by atoms with Crippen molar-refractivity contribution in [2.24, 2.45) is 5.92 Å². The Kier molecular flexibility index (Phi) is 5.48. The van der Waals surface area contributed by atoms with E-state index in [1.54, 1.807) is 12.1 Å². The number of hydrogen-bond donors (Lipinski definition) is 1. The second-order valence-electron chi connectivity index (χ2n) is 7.40. The minimum Gasteiger partial charge on any atom is -0.447 e. The average molecular weight is 426 g/mol. The molecule has 2 aliphatic heterocycles. The Labute approximate surface area is 170 Å². The van der Waals surface area contributed by atoms with E-state index in [4.69, 9.17) is 4.74 Å². The molecule has 2 saturated heterocycles. The first-order chi connectivity index (χ1) is 13.8. The number of nitrogens with one attached hydrogen (secondary N) is 1. The molecule has 2 aromatic rings. The predicted molar refractivity (Wildman–Crippen MR) is 105 cm³/mol. The molecular formula is C19H21F3N4O2S. The smallest absolute Gasteiger partial charge is 0.421 e. The molecule has 0 radical (unpaired) electrons. The van der Waals surface area contributed by atoms with Crippen molar-refractivity contribution in [3.63, 3.8) is 0 Å². The molecule has 1 aromatic heterocycles. The average Bonchev–Trinajstić information content (AvgIpc) is 3.09. The van der Waals surface area contributed by atoms with Crippen LogP contribution in [0.3, 0.4) is 0 Å². The molecule has 0 saturated carbocycles. The molecule has 0 bridgehead atoms. The maximum Gasteiger partial charge on any atom is 0.421 e. The summed E-state index contributed by atoms with van der Waals surface area (Å²) in [6, 6.07) is 6.06. The summed E-state index contributed by atoms with van der Waals surface area (Å²) in [4.78, 5) is 17.7. The zero-order chi connectivity index (χ0) is 20.6. The van der Waals surface area contributed by atoms with Crippen LogP contribution >= 0.6 is 12.1 Å². The van der Waals surface area contributed by atoms with Gasteiger partial charge in [-0.1, -0.05) is 6.92 Å². The molecule has 1 aromatic carbocycles. The van der Waals surface area contributed by atoms with Crippen LogP contribution in [-0.2, 0) is 10.9 Å². The van der Waals surface area contributed by atoms with Gasteiger partial charge in [0.15, 0.2) is 0 Å². The number of piperidine rings is 1. The Morgan fingerprint density at radius 1 is 1.28 bits per heavy atom. The topological polar surface area (TPSA) is 57.7 Å². The quantitative estimate of drug-likeness (QED) is 0.744. The third kappa shape index (κ3) is 4.23. The van der Waals surface area contributed by atoms with Crippen LogP contribution < -0.4 is 9.62 Å². The van der Waals surface area contributed by atoms with Crippen LogP contribution in [-0.4, -0.2) is 47.7 Å². The highest BCUT2D eigenvalue weighted by Crippen LogP contribution is 2.38. The number of fused-ring (bicyclic) bond motifs is 1. The lowest BCUT2D eigenvalue weighted by molar-refractivity contribution is -0.136. The molecule has 2 aliphatic rings. The van der Waals surface area contributed by atoms with Crippen molar-refractivity contribution >= 4 is 34.8 Å². The number of halogens is 3. The van der Waals surface area contributed by atoms with Gasteiger partial charge >= 0.3 is 12.3 Å². The van der Waals surface area contributed by atoms with Gasteiger partial charge in [-0.25, -0.2) is 13.8 Å². The molecule has 4 rings (SSSR count). The van der Waals surface area contributed by atoms with Gasteiger partial charge in [-0.2, -0.15) is 13.2 Å². The molecule has 0 aliphatic carbocycles. The third-order valence-corrected chi connectivity index (χ3v) is 6.10. The van der Waals surface area contributed by atoms with Crippen molar-refractivity contribution in [3.8, 4) is 0 Å². The largest absolute Gasteiger partial charge is 0.447 e. The van der Waals surface area contributed by atoms with E-state index in [1.807, 2.05) is 0 Å². The summed E-state index contributed by atoms with van der Waals surface area (Å²) < 4.78 is 49.9. The highest BCUT2D eigenvalue weighted by atomic mass is 32.2. The van der Waals surface area contributed by atoms with E-state index in [0.717, 1.165) is 24.7 Å². The van der Waals surface area contributed by atoms with Crippen LogP contribution in [0.4, 0.5) is 23.7 Å². The number of amides is 1. The second-order valence-corrected chi connectivity index (χ2v) is 8.26. The van der Waals surface area contributed by atoms with Gasteiger partial charge in [0.25, 0.3) is 0 Å². The zero-order valence-electron chi connectivity index (χ0n) is 15.8. The molecule has 2 fully saturated rings. The SMILES string of the molecule is CC1CC(NSN2CCOC2=O)CN(c2ccc(C(F)(F)F)c3ncccc23)C1. The molecule has 0 spiro atoms. The third-order valence-electron chi connectivity index (χ3n) is 5.11. The minimum atomic E-state index is -4.45. The number of benzene rings is 1. The van der Waals surface area contributed by atoms with Crippen molar-refractivity contribution in [1.82, 2.24) is 14.0 Å². The number of pyridine rings is 1. The Balaban J connectivity index is 1.57. The molecular weight excluding hydrogens is 405 g/mol. The lowest BCUT2D eigenvalue weighted by atomic mass is 9.95. The van der Waals surface area contributed by atoms with Crippen molar-refractivity contribution in [2.75, 3.05) is 31.1 Å². The number of nitrogens with zero attached hydrogens (tertiary/aromatic N) is 3. The lowest BCUT2D eigenvalue weighted by Crippen LogP contribution is -2.48. The van der Waals surface area contributed by atoms with E-state index in [-0.39, 0.29) is 17.7 Å². The van der Waals surface area contributed by atoms with Gasteiger partial charge in [0.1, 0.15) is 6.61 Å². The van der Waals surface area contributed by atoms with Crippen LogP contribution in [0, 0.1) is 5.92 Å². The van der Waals surface area contributed by atoms with E-state index in [2.05, 4.69) is 21.5 Å². The first kappa shape index (κ1) is 20.1. The second kappa shape index (κ2) is 7.91. The fourth-order valence-electron chi connectivity index (χ4n) is 3.90. The van der Waals surface area contributed by atoms with E-state index < -0.39 is 11.7 Å². The Bertz CT molecular complexity index is 911. The van der Waals surface area contributed by atoms with Gasteiger partial charge in [-0.15, -0.1) is 0 Å². The number of anilines is 1. The number of aromatic nitrogens is 1. The minimum absolute atomic E-state index is 0.0329. The maximum atomic E-state index is 13.4. The van der Waals surface area contributed by atoms with E-state index in [9.17, 15) is 18.0 Å². The van der Waals surface area contributed by atoms with Crippen LogP contribution in [0.2, 0.25) is 0 Å². The Morgan fingerprint density at radius 3 is 2.83 bits per heavy atom. The van der Waals surface area contributed by atoms with Gasteiger partial charge in [0, 0.05) is 48.5 Å². The molecule has 1 amide bonds. The van der Waals surface area contributed by atoms with Crippen LogP contribution in [0.5, 0.6) is 0 Å².